The zero-order chi connectivity index (χ0) is 18.4. The third-order valence-corrected chi connectivity index (χ3v) is 4.29. The number of nitrogens with one attached hydrogen (secondary N) is 1. The maximum absolute atomic E-state index is 13.9. The van der Waals surface area contributed by atoms with Crippen molar-refractivity contribution in [1.82, 2.24) is 9.97 Å². The van der Waals surface area contributed by atoms with Crippen LogP contribution in [0.2, 0.25) is 0 Å². The molecular formula is C18H15FN4O2S. The summed E-state index contributed by atoms with van der Waals surface area (Å²) >= 11 is 1.03. The van der Waals surface area contributed by atoms with Crippen LogP contribution in [0, 0.1) is 17.6 Å². The molecule has 0 spiro atoms. The summed E-state index contributed by atoms with van der Waals surface area (Å²) in [6.45, 7) is 2.28. The second-order valence-corrected chi connectivity index (χ2v) is 6.23. The van der Waals surface area contributed by atoms with Crippen molar-refractivity contribution in [3.63, 3.8) is 0 Å². The molecule has 0 aliphatic rings. The van der Waals surface area contributed by atoms with E-state index < -0.39 is 5.82 Å². The standard InChI is InChI=1S/C18H15FN4O2S/c1-12-6-8-13(9-7-12)11-25-18-20-10-14(19)17(21-18)23-26-16-5-3-2-4-15(16)22-24/h2-10H,11H2,1H3,(H,20,21,23). The summed E-state index contributed by atoms with van der Waals surface area (Å²) in [6, 6.07) is 14.6. The molecule has 2 aromatic carbocycles. The molecule has 0 saturated heterocycles. The highest BCUT2D eigenvalue weighted by molar-refractivity contribution is 8.00. The lowest BCUT2D eigenvalue weighted by Crippen LogP contribution is -2.03. The summed E-state index contributed by atoms with van der Waals surface area (Å²) in [5.41, 5.74) is 2.37. The highest BCUT2D eigenvalue weighted by Crippen LogP contribution is 2.30. The van der Waals surface area contributed by atoms with Gasteiger partial charge in [0.2, 0.25) is 0 Å². The highest BCUT2D eigenvalue weighted by Gasteiger charge is 2.10. The summed E-state index contributed by atoms with van der Waals surface area (Å²) in [7, 11) is 0. The smallest absolute Gasteiger partial charge is 0.318 e. The van der Waals surface area contributed by atoms with Crippen LogP contribution in [0.1, 0.15) is 11.1 Å². The fourth-order valence-corrected chi connectivity index (χ4v) is 2.75. The van der Waals surface area contributed by atoms with Gasteiger partial charge in [0, 0.05) is 0 Å². The first kappa shape index (κ1) is 17.8. The molecule has 3 rings (SSSR count). The van der Waals surface area contributed by atoms with Gasteiger partial charge in [0.05, 0.1) is 11.1 Å². The van der Waals surface area contributed by atoms with Gasteiger partial charge in [-0.25, -0.2) is 9.37 Å². The van der Waals surface area contributed by atoms with E-state index in [1.807, 2.05) is 31.2 Å². The number of halogens is 1. The molecule has 1 heterocycles. The predicted octanol–water partition coefficient (Wildman–Crippen LogP) is 5.02. The third kappa shape index (κ3) is 4.54. The molecule has 0 bridgehead atoms. The number of nitrogens with zero attached hydrogens (tertiary/aromatic N) is 3. The number of aryl methyl sites for hydroxylation is 1. The van der Waals surface area contributed by atoms with Crippen molar-refractivity contribution in [3.8, 4) is 6.01 Å². The van der Waals surface area contributed by atoms with Crippen molar-refractivity contribution in [2.75, 3.05) is 4.72 Å². The number of ether oxygens (including phenoxy) is 1. The minimum Gasteiger partial charge on any atom is -0.459 e. The van der Waals surface area contributed by atoms with Crippen LogP contribution in [0.15, 0.2) is 64.8 Å². The largest absolute Gasteiger partial charge is 0.459 e. The fourth-order valence-electron chi connectivity index (χ4n) is 2.05. The van der Waals surface area contributed by atoms with Gasteiger partial charge in [-0.1, -0.05) is 42.0 Å². The first-order valence-corrected chi connectivity index (χ1v) is 8.53. The summed E-state index contributed by atoms with van der Waals surface area (Å²) in [6.07, 6.45) is 1.03. The van der Waals surface area contributed by atoms with E-state index in [-0.39, 0.29) is 24.1 Å². The normalized spacial score (nSPS) is 10.4. The van der Waals surface area contributed by atoms with E-state index in [2.05, 4.69) is 19.9 Å². The minimum atomic E-state index is -0.628. The second kappa shape index (κ2) is 8.39. The molecule has 26 heavy (non-hydrogen) atoms. The van der Waals surface area contributed by atoms with Crippen LogP contribution in [0.3, 0.4) is 0 Å². The van der Waals surface area contributed by atoms with Gasteiger partial charge in [-0.2, -0.15) is 4.98 Å². The molecule has 0 aliphatic carbocycles. The van der Waals surface area contributed by atoms with Crippen LogP contribution in [0.4, 0.5) is 15.9 Å². The fraction of sp³-hybridized carbons (Fsp3) is 0.111. The quantitative estimate of drug-likeness (QED) is 0.465. The van der Waals surface area contributed by atoms with Crippen molar-refractivity contribution in [2.24, 2.45) is 5.18 Å². The van der Waals surface area contributed by atoms with E-state index in [4.69, 9.17) is 4.74 Å². The maximum atomic E-state index is 13.9. The van der Waals surface area contributed by atoms with Crippen LogP contribution < -0.4 is 9.46 Å². The summed E-state index contributed by atoms with van der Waals surface area (Å²) in [4.78, 5) is 19.2. The Labute approximate surface area is 153 Å². The van der Waals surface area contributed by atoms with E-state index in [0.29, 0.717) is 4.90 Å². The number of anilines is 1. The molecule has 0 aliphatic heterocycles. The lowest BCUT2D eigenvalue weighted by molar-refractivity contribution is 0.280. The topological polar surface area (TPSA) is 76.5 Å². The SMILES string of the molecule is Cc1ccc(COc2ncc(F)c(NSc3ccccc3N=O)n2)cc1. The van der Waals surface area contributed by atoms with Crippen LogP contribution in [0.25, 0.3) is 0 Å². The zero-order valence-corrected chi connectivity index (χ0v) is 14.7. The molecule has 0 atom stereocenters. The van der Waals surface area contributed by atoms with Crippen LogP contribution in [-0.4, -0.2) is 9.97 Å². The van der Waals surface area contributed by atoms with Gasteiger partial charge in [0.1, 0.15) is 12.3 Å². The minimum absolute atomic E-state index is 0.0374. The van der Waals surface area contributed by atoms with E-state index >= 15 is 0 Å². The lowest BCUT2D eigenvalue weighted by atomic mass is 10.2. The molecular weight excluding hydrogens is 355 g/mol. The third-order valence-electron chi connectivity index (χ3n) is 3.43. The van der Waals surface area contributed by atoms with Gasteiger partial charge in [0.15, 0.2) is 11.6 Å². The Morgan fingerprint density at radius 1 is 1.19 bits per heavy atom. The molecule has 132 valence electrons. The maximum Gasteiger partial charge on any atom is 0.318 e. The Kier molecular flexibility index (Phi) is 5.75. The first-order chi connectivity index (χ1) is 12.7. The second-order valence-electron chi connectivity index (χ2n) is 5.39. The number of rotatable bonds is 7. The molecule has 0 radical (unpaired) electrons. The molecule has 8 heteroatoms. The molecule has 1 aromatic heterocycles. The Balaban J connectivity index is 1.67. The van der Waals surface area contributed by atoms with Crippen molar-refractivity contribution >= 4 is 23.5 Å². The average molecular weight is 370 g/mol. The predicted molar refractivity (Wildman–Crippen MR) is 98.9 cm³/mol. The summed E-state index contributed by atoms with van der Waals surface area (Å²) in [5, 5.41) is 2.93. The van der Waals surface area contributed by atoms with Crippen molar-refractivity contribution in [3.05, 3.63) is 76.6 Å². The number of benzene rings is 2. The molecule has 0 amide bonds. The zero-order valence-electron chi connectivity index (χ0n) is 13.8. The number of hydrogen-bond acceptors (Lipinski definition) is 7. The van der Waals surface area contributed by atoms with Gasteiger partial charge in [-0.3, -0.25) is 0 Å². The van der Waals surface area contributed by atoms with Gasteiger partial charge >= 0.3 is 6.01 Å². The lowest BCUT2D eigenvalue weighted by Gasteiger charge is -2.09. The van der Waals surface area contributed by atoms with E-state index in [1.165, 1.54) is 0 Å². The molecule has 3 aromatic rings. The molecule has 0 fully saturated rings. The van der Waals surface area contributed by atoms with Crippen LogP contribution in [-0.2, 0) is 6.61 Å². The Hall–Kier alpha value is -3.00. The van der Waals surface area contributed by atoms with Gasteiger partial charge in [0.25, 0.3) is 0 Å². The van der Waals surface area contributed by atoms with Gasteiger partial charge < -0.3 is 9.46 Å². The van der Waals surface area contributed by atoms with Crippen LogP contribution in [0.5, 0.6) is 6.01 Å². The van der Waals surface area contributed by atoms with E-state index in [9.17, 15) is 9.30 Å². The molecule has 1 N–H and O–H groups in total. The number of hydrogen-bond donors (Lipinski definition) is 1. The highest BCUT2D eigenvalue weighted by atomic mass is 32.2. The molecule has 0 saturated carbocycles. The van der Waals surface area contributed by atoms with Crippen molar-refractivity contribution < 1.29 is 9.13 Å². The van der Waals surface area contributed by atoms with Crippen LogP contribution >= 0.6 is 11.9 Å². The van der Waals surface area contributed by atoms with Crippen molar-refractivity contribution in [1.29, 1.82) is 0 Å². The Bertz CT molecular complexity index is 906. The monoisotopic (exact) mass is 370 g/mol. The van der Waals surface area contributed by atoms with E-state index in [0.717, 1.165) is 29.3 Å². The summed E-state index contributed by atoms with van der Waals surface area (Å²) in [5.74, 6) is -0.665. The molecule has 6 nitrogen and oxygen atoms in total. The Morgan fingerprint density at radius 3 is 2.73 bits per heavy atom. The average Bonchev–Trinajstić information content (AvgIpc) is 2.67. The first-order valence-electron chi connectivity index (χ1n) is 7.72. The van der Waals surface area contributed by atoms with E-state index in [1.54, 1.807) is 24.3 Å². The van der Waals surface area contributed by atoms with Crippen molar-refractivity contribution in [2.45, 2.75) is 18.4 Å². The number of aromatic nitrogens is 2. The Morgan fingerprint density at radius 2 is 1.96 bits per heavy atom. The number of nitroso groups, excluding NO2 is 1. The molecule has 0 unspecified atom stereocenters. The van der Waals surface area contributed by atoms with Gasteiger partial charge in [-0.05, 0) is 41.7 Å². The summed E-state index contributed by atoms with van der Waals surface area (Å²) < 4.78 is 22.2. The van der Waals surface area contributed by atoms with Gasteiger partial charge in [-0.15, -0.1) is 4.91 Å².